The minimum Gasteiger partial charge on any atom is -0.477 e. The van der Waals surface area contributed by atoms with Gasteiger partial charge in [0.25, 0.3) is 5.69 Å². The highest BCUT2D eigenvalue weighted by Crippen LogP contribution is 2.27. The molecule has 6 nitrogen and oxygen atoms in total. The average Bonchev–Trinajstić information content (AvgIpc) is 2.42. The lowest BCUT2D eigenvalue weighted by atomic mass is 10.1. The third kappa shape index (κ3) is 4.44. The normalized spacial score (nSPS) is 10.7. The molecule has 0 heterocycles. The highest BCUT2D eigenvalue weighted by molar-refractivity contribution is 5.93. The number of nitro groups is 1. The van der Waals surface area contributed by atoms with Gasteiger partial charge < -0.3 is 10.0 Å². The van der Waals surface area contributed by atoms with Crippen molar-refractivity contribution in [1.29, 1.82) is 0 Å². The number of nitrogens with zero attached hydrogens (tertiary/aromatic N) is 2. The molecule has 0 unspecified atom stereocenters. The molecule has 1 N–H and O–H groups in total. The van der Waals surface area contributed by atoms with Crippen LogP contribution in [-0.2, 0) is 0 Å². The number of nitro benzene ring substituents is 1. The molecule has 1 aromatic rings. The van der Waals surface area contributed by atoms with E-state index in [2.05, 4.69) is 11.8 Å². The smallest absolute Gasteiger partial charge is 0.342 e. The van der Waals surface area contributed by atoms with E-state index in [1.165, 1.54) is 12.1 Å². The number of hydrogen-bond donors (Lipinski definition) is 1. The van der Waals surface area contributed by atoms with Gasteiger partial charge in [-0.1, -0.05) is 19.8 Å². The summed E-state index contributed by atoms with van der Waals surface area (Å²) in [7, 11) is 0. The first-order valence-corrected chi connectivity index (χ1v) is 7.16. The molecule has 0 radical (unpaired) electrons. The van der Waals surface area contributed by atoms with Gasteiger partial charge in [-0.15, -0.1) is 0 Å². The minimum atomic E-state index is -1.28. The van der Waals surface area contributed by atoms with E-state index >= 15 is 0 Å². The van der Waals surface area contributed by atoms with Gasteiger partial charge in [-0.05, 0) is 32.4 Å². The zero-order valence-corrected chi connectivity index (χ0v) is 12.7. The van der Waals surface area contributed by atoms with Crippen LogP contribution in [0.3, 0.4) is 0 Å². The zero-order chi connectivity index (χ0) is 16.0. The molecule has 0 atom stereocenters. The van der Waals surface area contributed by atoms with Crippen molar-refractivity contribution in [3.8, 4) is 0 Å². The lowest BCUT2D eigenvalue weighted by molar-refractivity contribution is -0.385. The fourth-order valence-electron chi connectivity index (χ4n) is 2.25. The van der Waals surface area contributed by atoms with Crippen molar-refractivity contribution in [1.82, 2.24) is 0 Å². The third-order valence-corrected chi connectivity index (χ3v) is 3.37. The molecular weight excluding hydrogens is 272 g/mol. The van der Waals surface area contributed by atoms with Crippen LogP contribution in [0.5, 0.6) is 0 Å². The molecule has 0 aromatic heterocycles. The Morgan fingerprint density at radius 2 is 2.05 bits per heavy atom. The summed E-state index contributed by atoms with van der Waals surface area (Å²) < 4.78 is 0. The SMILES string of the molecule is CCCCCN(c1ccc(C(=O)O)c([N+](=O)[O-])c1)C(C)C. The van der Waals surface area contributed by atoms with Crippen LogP contribution in [0, 0.1) is 10.1 Å². The molecule has 0 amide bonds. The maximum absolute atomic E-state index is 11.1. The molecular formula is C15H22N2O4. The zero-order valence-electron chi connectivity index (χ0n) is 12.7. The fourth-order valence-corrected chi connectivity index (χ4v) is 2.25. The number of rotatable bonds is 8. The topological polar surface area (TPSA) is 83.7 Å². The largest absolute Gasteiger partial charge is 0.477 e. The molecule has 21 heavy (non-hydrogen) atoms. The molecule has 0 saturated carbocycles. The van der Waals surface area contributed by atoms with Gasteiger partial charge in [-0.3, -0.25) is 10.1 Å². The Morgan fingerprint density at radius 1 is 1.38 bits per heavy atom. The third-order valence-electron chi connectivity index (χ3n) is 3.37. The van der Waals surface area contributed by atoms with Crippen LogP contribution in [0.4, 0.5) is 11.4 Å². The second-order valence-electron chi connectivity index (χ2n) is 5.26. The molecule has 0 aliphatic rings. The molecule has 0 aliphatic carbocycles. The fraction of sp³-hybridized carbons (Fsp3) is 0.533. The van der Waals surface area contributed by atoms with Crippen molar-refractivity contribution in [2.24, 2.45) is 0 Å². The van der Waals surface area contributed by atoms with Crippen LogP contribution in [-0.4, -0.2) is 28.6 Å². The molecule has 1 rings (SSSR count). The van der Waals surface area contributed by atoms with Gasteiger partial charge in [-0.2, -0.15) is 0 Å². The van der Waals surface area contributed by atoms with E-state index in [4.69, 9.17) is 5.11 Å². The molecule has 0 bridgehead atoms. The minimum absolute atomic E-state index is 0.192. The molecule has 0 fully saturated rings. The van der Waals surface area contributed by atoms with E-state index in [1.54, 1.807) is 6.07 Å². The van der Waals surface area contributed by atoms with E-state index in [9.17, 15) is 14.9 Å². The van der Waals surface area contributed by atoms with Crippen LogP contribution in [0.15, 0.2) is 18.2 Å². The van der Waals surface area contributed by atoms with Crippen molar-refractivity contribution < 1.29 is 14.8 Å². The molecule has 0 aliphatic heterocycles. The maximum Gasteiger partial charge on any atom is 0.342 e. The predicted octanol–water partition coefficient (Wildman–Crippen LogP) is 3.70. The summed E-state index contributed by atoms with van der Waals surface area (Å²) >= 11 is 0. The monoisotopic (exact) mass is 294 g/mol. The first kappa shape index (κ1) is 16.9. The first-order chi connectivity index (χ1) is 9.88. The lowest BCUT2D eigenvalue weighted by Gasteiger charge is -2.29. The molecule has 116 valence electrons. The first-order valence-electron chi connectivity index (χ1n) is 7.16. The number of carbonyl (C=O) groups is 1. The van der Waals surface area contributed by atoms with Crippen molar-refractivity contribution in [3.63, 3.8) is 0 Å². The summed E-state index contributed by atoms with van der Waals surface area (Å²) in [5, 5.41) is 20.1. The van der Waals surface area contributed by atoms with Crippen molar-refractivity contribution >= 4 is 17.3 Å². The van der Waals surface area contributed by atoms with Gasteiger partial charge in [0.05, 0.1) is 4.92 Å². The van der Waals surface area contributed by atoms with Crippen molar-refractivity contribution in [3.05, 3.63) is 33.9 Å². The Bertz CT molecular complexity index is 514. The number of aromatic carboxylic acids is 1. The summed E-state index contributed by atoms with van der Waals surface area (Å²) in [6.07, 6.45) is 3.20. The highest BCUT2D eigenvalue weighted by Gasteiger charge is 2.22. The van der Waals surface area contributed by atoms with Crippen LogP contribution in [0.1, 0.15) is 50.4 Å². The van der Waals surface area contributed by atoms with E-state index < -0.39 is 10.9 Å². The van der Waals surface area contributed by atoms with E-state index in [1.807, 2.05) is 13.8 Å². The molecule has 6 heteroatoms. The lowest BCUT2D eigenvalue weighted by Crippen LogP contribution is -2.31. The molecule has 0 saturated heterocycles. The van der Waals surface area contributed by atoms with Gasteiger partial charge in [0, 0.05) is 24.3 Å². The van der Waals surface area contributed by atoms with E-state index in [0.717, 1.165) is 25.8 Å². The number of hydrogen-bond acceptors (Lipinski definition) is 4. The quantitative estimate of drug-likeness (QED) is 0.449. The van der Waals surface area contributed by atoms with Gasteiger partial charge in [-0.25, -0.2) is 4.79 Å². The maximum atomic E-state index is 11.1. The van der Waals surface area contributed by atoms with Crippen molar-refractivity contribution in [2.45, 2.75) is 46.1 Å². The Balaban J connectivity index is 3.12. The van der Waals surface area contributed by atoms with Crippen LogP contribution in [0.2, 0.25) is 0 Å². The Hall–Kier alpha value is -2.11. The number of anilines is 1. The Labute approximate surface area is 124 Å². The van der Waals surface area contributed by atoms with Gasteiger partial charge in [0.2, 0.25) is 0 Å². The number of benzene rings is 1. The van der Waals surface area contributed by atoms with Gasteiger partial charge >= 0.3 is 5.97 Å². The highest BCUT2D eigenvalue weighted by atomic mass is 16.6. The second kappa shape index (κ2) is 7.61. The van der Waals surface area contributed by atoms with Gasteiger partial charge in [0.15, 0.2) is 0 Å². The van der Waals surface area contributed by atoms with Crippen LogP contribution < -0.4 is 4.90 Å². The van der Waals surface area contributed by atoms with Crippen molar-refractivity contribution in [2.75, 3.05) is 11.4 Å². The summed E-state index contributed by atoms with van der Waals surface area (Å²) in [4.78, 5) is 23.5. The van der Waals surface area contributed by atoms with Gasteiger partial charge in [0.1, 0.15) is 5.56 Å². The standard InChI is InChI=1S/C15H22N2O4/c1-4-5-6-9-16(11(2)3)12-7-8-13(15(18)19)14(10-12)17(20)21/h7-8,10-11H,4-6,9H2,1-3H3,(H,18,19). The molecule has 0 spiro atoms. The Morgan fingerprint density at radius 3 is 2.52 bits per heavy atom. The Kier molecular flexibility index (Phi) is 6.14. The van der Waals surface area contributed by atoms with E-state index in [-0.39, 0.29) is 17.3 Å². The molecule has 1 aromatic carbocycles. The second-order valence-corrected chi connectivity index (χ2v) is 5.26. The van der Waals surface area contributed by atoms with Crippen LogP contribution >= 0.6 is 0 Å². The predicted molar refractivity (Wildman–Crippen MR) is 82.1 cm³/mol. The summed E-state index contributed by atoms with van der Waals surface area (Å²) in [6, 6.07) is 4.50. The average molecular weight is 294 g/mol. The number of carboxylic acid groups (broad SMARTS) is 1. The van der Waals surface area contributed by atoms with E-state index in [0.29, 0.717) is 5.69 Å². The number of unbranched alkanes of at least 4 members (excludes halogenated alkanes) is 2. The summed E-state index contributed by atoms with van der Waals surface area (Å²) in [5.41, 5.74) is 0.0555. The summed E-state index contributed by atoms with van der Waals surface area (Å²) in [5.74, 6) is -1.28. The van der Waals surface area contributed by atoms with Crippen LogP contribution in [0.25, 0.3) is 0 Å². The summed E-state index contributed by atoms with van der Waals surface area (Å²) in [6.45, 7) is 6.95. The number of carboxylic acids is 1.